The Hall–Kier alpha value is -0.640. The summed E-state index contributed by atoms with van der Waals surface area (Å²) in [5.74, 6) is 0.491. The van der Waals surface area contributed by atoms with Crippen molar-refractivity contribution in [3.8, 4) is 0 Å². The van der Waals surface area contributed by atoms with E-state index in [-0.39, 0.29) is 6.10 Å². The molecule has 0 N–H and O–H groups in total. The van der Waals surface area contributed by atoms with Gasteiger partial charge in [-0.1, -0.05) is 18.2 Å². The van der Waals surface area contributed by atoms with Crippen LogP contribution in [0.4, 0.5) is 0 Å². The summed E-state index contributed by atoms with van der Waals surface area (Å²) in [6.45, 7) is 5.75. The predicted octanol–water partition coefficient (Wildman–Crippen LogP) is 1.94. The van der Waals surface area contributed by atoms with Crippen molar-refractivity contribution >= 4 is 0 Å². The minimum Gasteiger partial charge on any atom is -0.381 e. The van der Waals surface area contributed by atoms with Gasteiger partial charge in [0.1, 0.15) is 6.10 Å². The third-order valence-corrected chi connectivity index (χ3v) is 2.96. The molecule has 0 radical (unpaired) electrons. The summed E-state index contributed by atoms with van der Waals surface area (Å²) in [5, 5.41) is 0. The normalized spacial score (nSPS) is 30.2. The van der Waals surface area contributed by atoms with Crippen molar-refractivity contribution in [1.29, 1.82) is 0 Å². The number of allylic oxidation sites excluding steroid dienone is 2. The van der Waals surface area contributed by atoms with Crippen molar-refractivity contribution in [3.05, 3.63) is 23.8 Å². The maximum atomic E-state index is 5.70. The van der Waals surface area contributed by atoms with Gasteiger partial charge >= 0.3 is 0 Å². The Morgan fingerprint density at radius 2 is 2.38 bits per heavy atom. The Labute approximate surface area is 97.1 Å². The second-order valence-electron chi connectivity index (χ2n) is 4.18. The molecule has 16 heavy (non-hydrogen) atoms. The van der Waals surface area contributed by atoms with Gasteiger partial charge in [0.05, 0.1) is 26.4 Å². The molecule has 0 aromatic carbocycles. The number of hydrogen-bond acceptors (Lipinski definition) is 3. The molecular weight excluding hydrogens is 204 g/mol. The lowest BCUT2D eigenvalue weighted by atomic mass is 9.91. The highest BCUT2D eigenvalue weighted by Crippen LogP contribution is 2.24. The van der Waals surface area contributed by atoms with Crippen molar-refractivity contribution < 1.29 is 14.2 Å². The third-order valence-electron chi connectivity index (χ3n) is 2.96. The predicted molar refractivity (Wildman–Crippen MR) is 62.4 cm³/mol. The van der Waals surface area contributed by atoms with E-state index in [0.29, 0.717) is 19.1 Å². The fraction of sp³-hybridized carbons (Fsp3) is 0.692. The molecular formula is C13H20O3. The summed E-state index contributed by atoms with van der Waals surface area (Å²) in [4.78, 5) is 0. The molecule has 1 saturated heterocycles. The van der Waals surface area contributed by atoms with Crippen LogP contribution in [0.25, 0.3) is 0 Å². The quantitative estimate of drug-likeness (QED) is 0.730. The van der Waals surface area contributed by atoms with Gasteiger partial charge in [-0.15, -0.1) is 0 Å². The second-order valence-corrected chi connectivity index (χ2v) is 4.18. The lowest BCUT2D eigenvalue weighted by molar-refractivity contribution is -0.0740. The standard InChI is InChI=1S/C13H20O3/c1-2-14-9-11-4-3-5-12(8-11)13-10-15-6-7-16-13/h3-5,11,13H,2,6-10H2,1H3. The van der Waals surface area contributed by atoms with E-state index in [1.807, 2.05) is 6.92 Å². The number of ether oxygens (including phenoxy) is 3. The Balaban J connectivity index is 1.85. The van der Waals surface area contributed by atoms with E-state index in [9.17, 15) is 0 Å². The third kappa shape index (κ3) is 3.17. The van der Waals surface area contributed by atoms with Gasteiger partial charge in [0.25, 0.3) is 0 Å². The largest absolute Gasteiger partial charge is 0.381 e. The first-order valence-corrected chi connectivity index (χ1v) is 6.04. The highest BCUT2D eigenvalue weighted by molar-refractivity contribution is 5.23. The van der Waals surface area contributed by atoms with Crippen LogP contribution in [0.15, 0.2) is 23.8 Å². The van der Waals surface area contributed by atoms with E-state index in [4.69, 9.17) is 14.2 Å². The zero-order chi connectivity index (χ0) is 11.2. The molecule has 3 heteroatoms. The van der Waals surface area contributed by atoms with Crippen LogP contribution in [0, 0.1) is 5.92 Å². The van der Waals surface area contributed by atoms with Crippen LogP contribution >= 0.6 is 0 Å². The molecule has 0 amide bonds. The first-order valence-electron chi connectivity index (χ1n) is 6.04. The lowest BCUT2D eigenvalue weighted by Crippen LogP contribution is -2.31. The van der Waals surface area contributed by atoms with Crippen molar-refractivity contribution in [3.63, 3.8) is 0 Å². The smallest absolute Gasteiger partial charge is 0.102 e. The SMILES string of the molecule is CCOCC1C=CC=C(C2COCCO2)C1. The molecule has 90 valence electrons. The molecule has 2 atom stereocenters. The first kappa shape index (κ1) is 11.8. The molecule has 1 aliphatic heterocycles. The highest BCUT2D eigenvalue weighted by Gasteiger charge is 2.22. The van der Waals surface area contributed by atoms with Gasteiger partial charge in [-0.3, -0.25) is 0 Å². The molecule has 2 rings (SSSR count). The Bertz CT molecular complexity index is 264. The second kappa shape index (κ2) is 6.18. The molecule has 2 unspecified atom stereocenters. The van der Waals surface area contributed by atoms with Crippen molar-refractivity contribution in [2.45, 2.75) is 19.4 Å². The molecule has 0 spiro atoms. The van der Waals surface area contributed by atoms with E-state index >= 15 is 0 Å². The molecule has 0 aromatic rings. The van der Waals surface area contributed by atoms with Gasteiger partial charge in [0, 0.05) is 12.5 Å². The van der Waals surface area contributed by atoms with Crippen LogP contribution in [0.5, 0.6) is 0 Å². The Morgan fingerprint density at radius 1 is 1.44 bits per heavy atom. The monoisotopic (exact) mass is 224 g/mol. The zero-order valence-electron chi connectivity index (χ0n) is 9.85. The van der Waals surface area contributed by atoms with Crippen LogP contribution in [-0.4, -0.2) is 39.1 Å². The maximum Gasteiger partial charge on any atom is 0.102 e. The summed E-state index contributed by atoms with van der Waals surface area (Å²) in [5.41, 5.74) is 1.34. The van der Waals surface area contributed by atoms with Crippen LogP contribution in [0.2, 0.25) is 0 Å². The summed E-state index contributed by atoms with van der Waals surface area (Å²) < 4.78 is 16.6. The highest BCUT2D eigenvalue weighted by atomic mass is 16.6. The topological polar surface area (TPSA) is 27.7 Å². The first-order chi connectivity index (χ1) is 7.90. The summed E-state index contributed by atoms with van der Waals surface area (Å²) in [6, 6.07) is 0. The van der Waals surface area contributed by atoms with E-state index in [1.54, 1.807) is 0 Å². The average molecular weight is 224 g/mol. The van der Waals surface area contributed by atoms with Gasteiger partial charge < -0.3 is 14.2 Å². The van der Waals surface area contributed by atoms with Gasteiger partial charge in [0.2, 0.25) is 0 Å². The van der Waals surface area contributed by atoms with Crippen LogP contribution in [-0.2, 0) is 14.2 Å². The van der Waals surface area contributed by atoms with E-state index in [2.05, 4.69) is 18.2 Å². The zero-order valence-corrected chi connectivity index (χ0v) is 9.85. The Morgan fingerprint density at radius 3 is 3.12 bits per heavy atom. The number of hydrogen-bond donors (Lipinski definition) is 0. The molecule has 0 aromatic heterocycles. The molecule has 1 fully saturated rings. The van der Waals surface area contributed by atoms with E-state index in [0.717, 1.165) is 26.2 Å². The minimum absolute atomic E-state index is 0.155. The van der Waals surface area contributed by atoms with E-state index in [1.165, 1.54) is 5.57 Å². The van der Waals surface area contributed by atoms with Gasteiger partial charge in [-0.25, -0.2) is 0 Å². The molecule has 1 heterocycles. The van der Waals surface area contributed by atoms with Crippen molar-refractivity contribution in [2.24, 2.45) is 5.92 Å². The summed E-state index contributed by atoms with van der Waals surface area (Å²) >= 11 is 0. The van der Waals surface area contributed by atoms with Crippen LogP contribution in [0.1, 0.15) is 13.3 Å². The molecule has 3 nitrogen and oxygen atoms in total. The van der Waals surface area contributed by atoms with Crippen molar-refractivity contribution in [1.82, 2.24) is 0 Å². The lowest BCUT2D eigenvalue weighted by Gasteiger charge is -2.28. The summed E-state index contributed by atoms with van der Waals surface area (Å²) in [6.07, 6.45) is 7.66. The van der Waals surface area contributed by atoms with Gasteiger partial charge in [-0.05, 0) is 18.9 Å². The van der Waals surface area contributed by atoms with E-state index < -0.39 is 0 Å². The van der Waals surface area contributed by atoms with Crippen LogP contribution < -0.4 is 0 Å². The van der Waals surface area contributed by atoms with Crippen LogP contribution in [0.3, 0.4) is 0 Å². The van der Waals surface area contributed by atoms with Crippen molar-refractivity contribution in [2.75, 3.05) is 33.0 Å². The number of rotatable bonds is 4. The molecule has 0 bridgehead atoms. The van der Waals surface area contributed by atoms with Gasteiger partial charge in [-0.2, -0.15) is 0 Å². The molecule has 1 aliphatic carbocycles. The average Bonchev–Trinajstić information content (AvgIpc) is 2.38. The fourth-order valence-corrected chi connectivity index (χ4v) is 2.10. The minimum atomic E-state index is 0.155. The van der Waals surface area contributed by atoms with Gasteiger partial charge in [0.15, 0.2) is 0 Å². The maximum absolute atomic E-state index is 5.70. The fourth-order valence-electron chi connectivity index (χ4n) is 2.10. The molecule has 2 aliphatic rings. The Kier molecular flexibility index (Phi) is 4.57. The molecule has 0 saturated carbocycles. The summed E-state index contributed by atoms with van der Waals surface area (Å²) in [7, 11) is 0.